The molecule has 1 fully saturated rings. The van der Waals surface area contributed by atoms with Gasteiger partial charge in [0, 0.05) is 5.56 Å². The van der Waals surface area contributed by atoms with Crippen LogP contribution in [0, 0.1) is 11.3 Å². The molecule has 2 atom stereocenters. The van der Waals surface area contributed by atoms with E-state index in [2.05, 4.69) is 39.0 Å². The molecule has 0 bridgehead atoms. The summed E-state index contributed by atoms with van der Waals surface area (Å²) >= 11 is 0. The Morgan fingerprint density at radius 3 is 2.76 bits per heavy atom. The molecule has 1 aliphatic heterocycles. The fourth-order valence-electron chi connectivity index (χ4n) is 4.36. The van der Waals surface area contributed by atoms with Gasteiger partial charge in [-0.2, -0.15) is 0 Å². The minimum absolute atomic E-state index is 0.104. The van der Waals surface area contributed by atoms with Crippen molar-refractivity contribution in [2.24, 2.45) is 11.3 Å². The third-order valence-corrected chi connectivity index (χ3v) is 5.32. The Morgan fingerprint density at radius 2 is 2.00 bits per heavy atom. The molecule has 2 unspecified atom stereocenters. The largest absolute Gasteiger partial charge is 0.493 e. The molecule has 21 heavy (non-hydrogen) atoms. The number of hydrogen-bond acceptors (Lipinski definition) is 2. The van der Waals surface area contributed by atoms with Crippen LogP contribution in [-0.2, 0) is 12.0 Å². The predicted octanol–water partition coefficient (Wildman–Crippen LogP) is 4.44. The molecule has 0 radical (unpaired) electrons. The Bertz CT molecular complexity index is 515. The highest BCUT2D eigenvalue weighted by molar-refractivity contribution is 5.46. The van der Waals surface area contributed by atoms with Crippen molar-refractivity contribution in [1.82, 2.24) is 0 Å². The van der Waals surface area contributed by atoms with Crippen molar-refractivity contribution >= 4 is 0 Å². The predicted molar refractivity (Wildman–Crippen MR) is 85.6 cm³/mol. The van der Waals surface area contributed by atoms with Crippen molar-refractivity contribution in [3.05, 3.63) is 29.3 Å². The lowest BCUT2D eigenvalue weighted by Gasteiger charge is -2.48. The van der Waals surface area contributed by atoms with E-state index in [9.17, 15) is 5.11 Å². The van der Waals surface area contributed by atoms with E-state index in [1.54, 1.807) is 0 Å². The molecule has 0 amide bonds. The van der Waals surface area contributed by atoms with Gasteiger partial charge in [-0.25, -0.2) is 0 Å². The smallest absolute Gasteiger partial charge is 0.128 e. The Balaban J connectivity index is 2.08. The van der Waals surface area contributed by atoms with Crippen molar-refractivity contribution < 1.29 is 9.84 Å². The van der Waals surface area contributed by atoms with Crippen LogP contribution in [0.25, 0.3) is 0 Å². The van der Waals surface area contributed by atoms with Crippen LogP contribution in [0.1, 0.15) is 64.0 Å². The molecule has 1 heterocycles. The average molecular weight is 288 g/mol. The molecular formula is C19H28O2. The van der Waals surface area contributed by atoms with Gasteiger partial charge in [0.15, 0.2) is 0 Å². The van der Waals surface area contributed by atoms with Gasteiger partial charge < -0.3 is 9.84 Å². The molecule has 1 aliphatic carbocycles. The van der Waals surface area contributed by atoms with Crippen LogP contribution in [-0.4, -0.2) is 11.7 Å². The standard InChI is InChI=1S/C19H28O2/c1-18(2,3)16-11-4-5-12-19(16,20)15-10-6-8-14-9-7-13-21-17(14)15/h6,8,10,16,20H,4-5,7,9,11-13H2,1-3H3. The summed E-state index contributed by atoms with van der Waals surface area (Å²) in [5.41, 5.74) is 1.68. The van der Waals surface area contributed by atoms with Crippen molar-refractivity contribution in [2.45, 2.75) is 64.9 Å². The van der Waals surface area contributed by atoms with Gasteiger partial charge in [-0.3, -0.25) is 0 Å². The summed E-state index contributed by atoms with van der Waals surface area (Å²) in [6.45, 7) is 7.54. The number of benzene rings is 1. The molecule has 2 heteroatoms. The van der Waals surface area contributed by atoms with Gasteiger partial charge in [0.25, 0.3) is 0 Å². The number of aryl methyl sites for hydroxylation is 1. The van der Waals surface area contributed by atoms with Crippen LogP contribution in [0.5, 0.6) is 5.75 Å². The third-order valence-electron chi connectivity index (χ3n) is 5.32. The van der Waals surface area contributed by atoms with Gasteiger partial charge in [-0.05, 0) is 42.6 Å². The number of rotatable bonds is 1. The van der Waals surface area contributed by atoms with Gasteiger partial charge in [0.05, 0.1) is 12.2 Å². The topological polar surface area (TPSA) is 29.5 Å². The zero-order valence-corrected chi connectivity index (χ0v) is 13.6. The van der Waals surface area contributed by atoms with E-state index in [0.717, 1.165) is 50.0 Å². The molecule has 2 nitrogen and oxygen atoms in total. The number of aliphatic hydroxyl groups is 1. The van der Waals surface area contributed by atoms with E-state index in [1.807, 2.05) is 0 Å². The van der Waals surface area contributed by atoms with E-state index in [1.165, 1.54) is 12.0 Å². The first-order valence-electron chi connectivity index (χ1n) is 8.40. The van der Waals surface area contributed by atoms with Gasteiger partial charge in [-0.15, -0.1) is 0 Å². The van der Waals surface area contributed by atoms with Crippen molar-refractivity contribution in [1.29, 1.82) is 0 Å². The lowest BCUT2D eigenvalue weighted by molar-refractivity contribution is -0.0974. The summed E-state index contributed by atoms with van der Waals surface area (Å²) in [6.07, 6.45) is 6.43. The number of ether oxygens (including phenoxy) is 1. The third kappa shape index (κ3) is 2.59. The van der Waals surface area contributed by atoms with Crippen molar-refractivity contribution in [2.75, 3.05) is 6.61 Å². The second-order valence-electron chi connectivity index (χ2n) is 7.83. The van der Waals surface area contributed by atoms with Crippen LogP contribution >= 0.6 is 0 Å². The maximum absolute atomic E-state index is 11.6. The molecule has 1 N–H and O–H groups in total. The maximum atomic E-state index is 11.6. The monoisotopic (exact) mass is 288 g/mol. The van der Waals surface area contributed by atoms with E-state index in [-0.39, 0.29) is 11.3 Å². The Hall–Kier alpha value is -1.02. The second-order valence-corrected chi connectivity index (χ2v) is 7.83. The zero-order valence-electron chi connectivity index (χ0n) is 13.6. The minimum Gasteiger partial charge on any atom is -0.493 e. The summed E-state index contributed by atoms with van der Waals surface area (Å²) < 4.78 is 5.97. The van der Waals surface area contributed by atoms with E-state index >= 15 is 0 Å². The van der Waals surface area contributed by atoms with Gasteiger partial charge in [0.2, 0.25) is 0 Å². The first kappa shape index (κ1) is 14.9. The van der Waals surface area contributed by atoms with Gasteiger partial charge in [-0.1, -0.05) is 51.8 Å². The SMILES string of the molecule is CC(C)(C)C1CCCCC1(O)c1cccc2c1OCCC2. The fourth-order valence-corrected chi connectivity index (χ4v) is 4.36. The lowest BCUT2D eigenvalue weighted by atomic mass is 9.61. The molecule has 1 saturated carbocycles. The highest BCUT2D eigenvalue weighted by atomic mass is 16.5. The molecule has 1 aromatic rings. The van der Waals surface area contributed by atoms with Crippen molar-refractivity contribution in [3.63, 3.8) is 0 Å². The Kier molecular flexibility index (Phi) is 3.77. The quantitative estimate of drug-likeness (QED) is 0.828. The first-order chi connectivity index (χ1) is 9.93. The minimum atomic E-state index is -0.737. The van der Waals surface area contributed by atoms with E-state index in [4.69, 9.17) is 4.74 Å². The van der Waals surface area contributed by atoms with Crippen LogP contribution in [0.15, 0.2) is 18.2 Å². The van der Waals surface area contributed by atoms with Crippen LogP contribution in [0.2, 0.25) is 0 Å². The summed E-state index contributed by atoms with van der Waals surface area (Å²) in [7, 11) is 0. The molecule has 3 rings (SSSR count). The number of fused-ring (bicyclic) bond motifs is 1. The average Bonchev–Trinajstić information content (AvgIpc) is 2.46. The fraction of sp³-hybridized carbons (Fsp3) is 0.684. The highest BCUT2D eigenvalue weighted by Gasteiger charge is 2.47. The Morgan fingerprint density at radius 1 is 1.19 bits per heavy atom. The van der Waals surface area contributed by atoms with Crippen LogP contribution in [0.4, 0.5) is 0 Å². The maximum Gasteiger partial charge on any atom is 0.128 e. The summed E-state index contributed by atoms with van der Waals surface area (Å²) in [4.78, 5) is 0. The molecular weight excluding hydrogens is 260 g/mol. The van der Waals surface area contributed by atoms with Crippen LogP contribution < -0.4 is 4.74 Å². The first-order valence-corrected chi connectivity index (χ1v) is 8.40. The van der Waals surface area contributed by atoms with Crippen molar-refractivity contribution in [3.8, 4) is 5.75 Å². The Labute approximate surface area is 128 Å². The highest BCUT2D eigenvalue weighted by Crippen LogP contribution is 2.52. The molecule has 1 aromatic carbocycles. The van der Waals surface area contributed by atoms with E-state index < -0.39 is 5.60 Å². The molecule has 116 valence electrons. The molecule has 2 aliphatic rings. The van der Waals surface area contributed by atoms with E-state index in [0.29, 0.717) is 0 Å². The van der Waals surface area contributed by atoms with Gasteiger partial charge >= 0.3 is 0 Å². The van der Waals surface area contributed by atoms with Crippen LogP contribution in [0.3, 0.4) is 0 Å². The summed E-state index contributed by atoms with van der Waals surface area (Å²) in [6, 6.07) is 6.33. The molecule has 0 spiro atoms. The van der Waals surface area contributed by atoms with Gasteiger partial charge in [0.1, 0.15) is 5.75 Å². The normalized spacial score (nSPS) is 29.6. The number of hydrogen-bond donors (Lipinski definition) is 1. The molecule has 0 saturated heterocycles. The summed E-state index contributed by atoms with van der Waals surface area (Å²) in [5, 5.41) is 11.6. The lowest BCUT2D eigenvalue weighted by Crippen LogP contribution is -2.45. The summed E-state index contributed by atoms with van der Waals surface area (Å²) in [5.74, 6) is 1.26. The second kappa shape index (κ2) is 5.31. The zero-order chi connectivity index (χ0) is 15.1. The number of para-hydroxylation sites is 1. The molecule has 0 aromatic heterocycles.